The van der Waals surface area contributed by atoms with Crippen LogP contribution in [0.15, 0.2) is 12.3 Å². The molecular formula is C15H26N4O. The average Bonchev–Trinajstić information content (AvgIpc) is 2.87. The van der Waals surface area contributed by atoms with Gasteiger partial charge in [0.2, 0.25) is 0 Å². The van der Waals surface area contributed by atoms with Gasteiger partial charge >= 0.3 is 0 Å². The van der Waals surface area contributed by atoms with E-state index in [1.165, 1.54) is 19.4 Å². The molecule has 1 unspecified atom stereocenters. The van der Waals surface area contributed by atoms with Gasteiger partial charge in [-0.1, -0.05) is 6.92 Å². The maximum absolute atomic E-state index is 12.1. The van der Waals surface area contributed by atoms with Crippen LogP contribution in [-0.2, 0) is 6.54 Å². The molecule has 0 aromatic carbocycles. The van der Waals surface area contributed by atoms with E-state index in [1.807, 2.05) is 0 Å². The number of rotatable bonds is 6. The standard InChI is InChI=1S/C15H26N4O/c1-3-10-19-14(7-9-17-19)15(20)16-8-6-13-5-4-11-18(2)12-13/h7,9,13H,3-6,8,10-12H2,1-2H3,(H,16,20). The number of aryl methyl sites for hydroxylation is 1. The molecule has 112 valence electrons. The first-order chi connectivity index (χ1) is 9.70. The van der Waals surface area contributed by atoms with Gasteiger partial charge in [0.1, 0.15) is 5.69 Å². The second kappa shape index (κ2) is 7.43. The summed E-state index contributed by atoms with van der Waals surface area (Å²) in [4.78, 5) is 14.5. The number of nitrogens with one attached hydrogen (secondary N) is 1. The third-order valence-corrected chi connectivity index (χ3v) is 3.94. The van der Waals surface area contributed by atoms with E-state index in [0.717, 1.165) is 38.4 Å². The number of aromatic nitrogens is 2. The van der Waals surface area contributed by atoms with Gasteiger partial charge in [0.25, 0.3) is 5.91 Å². The molecule has 0 bridgehead atoms. The highest BCUT2D eigenvalue weighted by molar-refractivity contribution is 5.92. The molecule has 2 heterocycles. The number of carbonyl (C=O) groups is 1. The van der Waals surface area contributed by atoms with E-state index in [2.05, 4.69) is 29.3 Å². The lowest BCUT2D eigenvalue weighted by Crippen LogP contribution is -2.35. The molecule has 1 aliphatic rings. The zero-order valence-electron chi connectivity index (χ0n) is 12.6. The van der Waals surface area contributed by atoms with Gasteiger partial charge in [-0.05, 0) is 51.3 Å². The van der Waals surface area contributed by atoms with E-state index in [9.17, 15) is 4.79 Å². The minimum Gasteiger partial charge on any atom is -0.351 e. The number of likely N-dealkylation sites (tertiary alicyclic amines) is 1. The third-order valence-electron chi connectivity index (χ3n) is 3.94. The number of amides is 1. The number of piperidine rings is 1. The zero-order valence-corrected chi connectivity index (χ0v) is 12.6. The fourth-order valence-corrected chi connectivity index (χ4v) is 2.90. The molecule has 0 saturated carbocycles. The Morgan fingerprint density at radius 2 is 2.40 bits per heavy atom. The van der Waals surface area contributed by atoms with Crippen LogP contribution >= 0.6 is 0 Å². The molecule has 1 fully saturated rings. The molecule has 1 N–H and O–H groups in total. The molecule has 0 spiro atoms. The number of hydrogen-bond donors (Lipinski definition) is 1. The summed E-state index contributed by atoms with van der Waals surface area (Å²) in [7, 11) is 2.17. The summed E-state index contributed by atoms with van der Waals surface area (Å²) in [6.07, 6.45) is 6.31. The summed E-state index contributed by atoms with van der Waals surface area (Å²) in [5.41, 5.74) is 0.674. The Kier molecular flexibility index (Phi) is 5.59. The molecule has 1 atom stereocenters. The fourth-order valence-electron chi connectivity index (χ4n) is 2.90. The van der Waals surface area contributed by atoms with Gasteiger partial charge in [-0.2, -0.15) is 5.10 Å². The van der Waals surface area contributed by atoms with E-state index in [-0.39, 0.29) is 5.91 Å². The zero-order chi connectivity index (χ0) is 14.4. The summed E-state index contributed by atoms with van der Waals surface area (Å²) in [5, 5.41) is 7.21. The Balaban J connectivity index is 1.76. The molecule has 0 radical (unpaired) electrons. The topological polar surface area (TPSA) is 50.2 Å². The van der Waals surface area contributed by atoms with Crippen LogP contribution in [0.3, 0.4) is 0 Å². The minimum absolute atomic E-state index is 0.000106. The molecule has 1 aromatic rings. The van der Waals surface area contributed by atoms with Gasteiger partial charge in [0, 0.05) is 25.8 Å². The van der Waals surface area contributed by atoms with Crippen molar-refractivity contribution in [3.8, 4) is 0 Å². The largest absolute Gasteiger partial charge is 0.351 e. The Hall–Kier alpha value is -1.36. The van der Waals surface area contributed by atoms with Crippen molar-refractivity contribution >= 4 is 5.91 Å². The highest BCUT2D eigenvalue weighted by Crippen LogP contribution is 2.17. The minimum atomic E-state index is 0.000106. The first kappa shape index (κ1) is 15.0. The third kappa shape index (κ3) is 4.07. The normalized spacial score (nSPS) is 20.0. The monoisotopic (exact) mass is 278 g/mol. The summed E-state index contributed by atoms with van der Waals surface area (Å²) in [6.45, 7) is 6.00. The predicted molar refractivity (Wildman–Crippen MR) is 79.7 cm³/mol. The van der Waals surface area contributed by atoms with Gasteiger partial charge in [-0.15, -0.1) is 0 Å². The lowest BCUT2D eigenvalue weighted by atomic mass is 9.95. The van der Waals surface area contributed by atoms with Crippen LogP contribution in [0, 0.1) is 5.92 Å². The number of nitrogens with zero attached hydrogens (tertiary/aromatic N) is 3. The molecule has 0 aliphatic carbocycles. The smallest absolute Gasteiger partial charge is 0.269 e. The van der Waals surface area contributed by atoms with Crippen LogP contribution in [0.25, 0.3) is 0 Å². The van der Waals surface area contributed by atoms with Crippen molar-refractivity contribution in [1.29, 1.82) is 0 Å². The van der Waals surface area contributed by atoms with Gasteiger partial charge in [-0.25, -0.2) is 0 Å². The Bertz CT molecular complexity index is 429. The van der Waals surface area contributed by atoms with Crippen LogP contribution in [0.5, 0.6) is 0 Å². The second-order valence-electron chi connectivity index (χ2n) is 5.75. The highest BCUT2D eigenvalue weighted by atomic mass is 16.2. The molecule has 5 nitrogen and oxygen atoms in total. The fraction of sp³-hybridized carbons (Fsp3) is 0.733. The van der Waals surface area contributed by atoms with Crippen molar-refractivity contribution in [3.05, 3.63) is 18.0 Å². The Morgan fingerprint density at radius 1 is 1.55 bits per heavy atom. The second-order valence-corrected chi connectivity index (χ2v) is 5.75. The molecule has 1 amide bonds. The van der Waals surface area contributed by atoms with Crippen molar-refractivity contribution in [2.75, 3.05) is 26.7 Å². The number of carbonyl (C=O) groups excluding carboxylic acids is 1. The van der Waals surface area contributed by atoms with E-state index in [1.54, 1.807) is 16.9 Å². The maximum atomic E-state index is 12.1. The predicted octanol–water partition coefficient (Wildman–Crippen LogP) is 1.75. The Morgan fingerprint density at radius 3 is 3.15 bits per heavy atom. The van der Waals surface area contributed by atoms with Gasteiger partial charge in [0.05, 0.1) is 0 Å². The first-order valence-corrected chi connectivity index (χ1v) is 7.69. The first-order valence-electron chi connectivity index (χ1n) is 7.69. The molecule has 2 rings (SSSR count). The van der Waals surface area contributed by atoms with Crippen molar-refractivity contribution < 1.29 is 4.79 Å². The van der Waals surface area contributed by atoms with Crippen molar-refractivity contribution in [1.82, 2.24) is 20.0 Å². The summed E-state index contributed by atoms with van der Waals surface area (Å²) in [6, 6.07) is 1.79. The van der Waals surface area contributed by atoms with E-state index in [4.69, 9.17) is 0 Å². The quantitative estimate of drug-likeness (QED) is 0.862. The SMILES string of the molecule is CCCn1nccc1C(=O)NCCC1CCCN(C)C1. The molecular weight excluding hydrogens is 252 g/mol. The van der Waals surface area contributed by atoms with Crippen LogP contribution in [0.2, 0.25) is 0 Å². The molecule has 5 heteroatoms. The lowest BCUT2D eigenvalue weighted by Gasteiger charge is -2.29. The summed E-state index contributed by atoms with van der Waals surface area (Å²) in [5.74, 6) is 0.717. The maximum Gasteiger partial charge on any atom is 0.269 e. The summed E-state index contributed by atoms with van der Waals surface area (Å²) < 4.78 is 1.78. The molecule has 1 aromatic heterocycles. The van der Waals surface area contributed by atoms with Crippen LogP contribution in [0.4, 0.5) is 0 Å². The summed E-state index contributed by atoms with van der Waals surface area (Å²) >= 11 is 0. The van der Waals surface area contributed by atoms with Crippen molar-refractivity contribution in [3.63, 3.8) is 0 Å². The number of hydrogen-bond acceptors (Lipinski definition) is 3. The molecule has 20 heavy (non-hydrogen) atoms. The molecule has 1 aliphatic heterocycles. The van der Waals surface area contributed by atoms with E-state index in [0.29, 0.717) is 5.69 Å². The van der Waals surface area contributed by atoms with Gasteiger partial charge in [-0.3, -0.25) is 9.48 Å². The van der Waals surface area contributed by atoms with Crippen LogP contribution in [0.1, 0.15) is 43.1 Å². The lowest BCUT2D eigenvalue weighted by molar-refractivity contribution is 0.0937. The van der Waals surface area contributed by atoms with Gasteiger partial charge < -0.3 is 10.2 Å². The average molecular weight is 278 g/mol. The van der Waals surface area contributed by atoms with E-state index < -0.39 is 0 Å². The van der Waals surface area contributed by atoms with Crippen LogP contribution in [-0.4, -0.2) is 47.3 Å². The Labute approximate surface area is 121 Å². The van der Waals surface area contributed by atoms with Gasteiger partial charge in [0.15, 0.2) is 0 Å². The highest BCUT2D eigenvalue weighted by Gasteiger charge is 2.17. The van der Waals surface area contributed by atoms with Crippen LogP contribution < -0.4 is 5.32 Å². The van der Waals surface area contributed by atoms with Crippen molar-refractivity contribution in [2.45, 2.75) is 39.2 Å². The van der Waals surface area contributed by atoms with E-state index >= 15 is 0 Å². The van der Waals surface area contributed by atoms with Crippen molar-refractivity contribution in [2.24, 2.45) is 5.92 Å². The molecule has 1 saturated heterocycles.